The molecular weight excluding hydrogens is 354 g/mol. The van der Waals surface area contributed by atoms with E-state index in [1.54, 1.807) is 47.9 Å². The highest BCUT2D eigenvalue weighted by Gasteiger charge is 2.23. The van der Waals surface area contributed by atoms with Crippen LogP contribution in [0.15, 0.2) is 66.7 Å². The number of nitrogens with zero attached hydrogens (tertiary/aromatic N) is 1. The Morgan fingerprint density at radius 3 is 2.29 bits per heavy atom. The van der Waals surface area contributed by atoms with Gasteiger partial charge in [-0.15, -0.1) is 0 Å². The summed E-state index contributed by atoms with van der Waals surface area (Å²) >= 11 is 0. The van der Waals surface area contributed by atoms with Crippen molar-refractivity contribution in [3.8, 4) is 5.75 Å². The molecule has 3 aromatic rings. The second kappa shape index (κ2) is 8.57. The fourth-order valence-electron chi connectivity index (χ4n) is 3.15. The normalized spacial score (nSPS) is 11.8. The Kier molecular flexibility index (Phi) is 5.94. The van der Waals surface area contributed by atoms with Crippen LogP contribution in [0.5, 0.6) is 5.75 Å². The Hall–Kier alpha value is -3.34. The molecule has 0 saturated carbocycles. The van der Waals surface area contributed by atoms with E-state index in [2.05, 4.69) is 0 Å². The number of ketones is 1. The van der Waals surface area contributed by atoms with Crippen LogP contribution in [0.1, 0.15) is 47.1 Å². The highest BCUT2D eigenvalue weighted by atomic mass is 16.5. The van der Waals surface area contributed by atoms with Crippen molar-refractivity contribution in [1.29, 1.82) is 0 Å². The molecule has 1 unspecified atom stereocenters. The average molecular weight is 377 g/mol. The molecule has 0 aliphatic heterocycles. The summed E-state index contributed by atoms with van der Waals surface area (Å²) in [5, 5.41) is 9.46. The Morgan fingerprint density at radius 2 is 1.68 bits per heavy atom. The van der Waals surface area contributed by atoms with E-state index in [9.17, 15) is 14.7 Å². The molecule has 3 rings (SSSR count). The number of hydrogen-bond acceptors (Lipinski definition) is 3. The van der Waals surface area contributed by atoms with Gasteiger partial charge in [-0.05, 0) is 55.8 Å². The molecule has 5 nitrogen and oxygen atoms in total. The summed E-state index contributed by atoms with van der Waals surface area (Å²) in [5.74, 6) is -1.08. The fourth-order valence-corrected chi connectivity index (χ4v) is 3.15. The largest absolute Gasteiger partial charge is 0.494 e. The van der Waals surface area contributed by atoms with Gasteiger partial charge in [-0.1, -0.05) is 30.3 Å². The van der Waals surface area contributed by atoms with Crippen molar-refractivity contribution >= 4 is 11.8 Å². The molecule has 0 fully saturated rings. The zero-order valence-corrected chi connectivity index (χ0v) is 16.0. The Labute approximate surface area is 164 Å². The van der Waals surface area contributed by atoms with E-state index in [-0.39, 0.29) is 5.78 Å². The molecule has 0 spiro atoms. The lowest BCUT2D eigenvalue weighted by molar-refractivity contribution is -0.138. The van der Waals surface area contributed by atoms with Crippen molar-refractivity contribution in [2.24, 2.45) is 0 Å². The van der Waals surface area contributed by atoms with Gasteiger partial charge in [0.2, 0.25) is 5.78 Å². The van der Waals surface area contributed by atoms with Gasteiger partial charge in [0.1, 0.15) is 5.75 Å². The van der Waals surface area contributed by atoms with E-state index in [4.69, 9.17) is 4.74 Å². The molecule has 2 aromatic carbocycles. The quantitative estimate of drug-likeness (QED) is 0.593. The summed E-state index contributed by atoms with van der Waals surface area (Å²) in [6.45, 7) is 4.52. The Bertz CT molecular complexity index is 958. The maximum atomic E-state index is 13.1. The number of ether oxygens (including phenoxy) is 1. The summed E-state index contributed by atoms with van der Waals surface area (Å²) in [5.41, 5.74) is 2.60. The fraction of sp³-hybridized carbons (Fsp3) is 0.217. The van der Waals surface area contributed by atoms with Crippen LogP contribution in [0, 0.1) is 0 Å². The summed E-state index contributed by atoms with van der Waals surface area (Å²) in [6.07, 6.45) is 0. The third-order valence-corrected chi connectivity index (χ3v) is 4.67. The van der Waals surface area contributed by atoms with Gasteiger partial charge in [-0.25, -0.2) is 0 Å². The van der Waals surface area contributed by atoms with Gasteiger partial charge in [0.05, 0.1) is 18.2 Å². The summed E-state index contributed by atoms with van der Waals surface area (Å²) in [7, 11) is 0. The first-order valence-electron chi connectivity index (χ1n) is 9.25. The number of carboxylic acids is 1. The average Bonchev–Trinajstić information content (AvgIpc) is 3.11. The number of aromatic nitrogens is 1. The Morgan fingerprint density at radius 1 is 1.00 bits per heavy atom. The van der Waals surface area contributed by atoms with Gasteiger partial charge in [0.25, 0.3) is 0 Å². The molecule has 0 aliphatic carbocycles. The van der Waals surface area contributed by atoms with Gasteiger partial charge in [-0.2, -0.15) is 0 Å². The first-order chi connectivity index (χ1) is 13.5. The van der Waals surface area contributed by atoms with E-state index in [0.29, 0.717) is 35.9 Å². The van der Waals surface area contributed by atoms with Crippen LogP contribution in [0.25, 0.3) is 0 Å². The number of aliphatic carboxylic acids is 1. The molecule has 0 saturated heterocycles. The first kappa shape index (κ1) is 19.4. The summed E-state index contributed by atoms with van der Waals surface area (Å²) in [6, 6.07) is 20.1. The zero-order valence-electron chi connectivity index (χ0n) is 16.0. The molecule has 0 amide bonds. The predicted octanol–water partition coefficient (Wildman–Crippen LogP) is 4.35. The minimum atomic E-state index is -0.924. The third-order valence-electron chi connectivity index (χ3n) is 4.67. The molecule has 5 heteroatoms. The van der Waals surface area contributed by atoms with Gasteiger partial charge in [-0.3, -0.25) is 9.59 Å². The maximum absolute atomic E-state index is 13.1. The van der Waals surface area contributed by atoms with Gasteiger partial charge in [0, 0.05) is 17.8 Å². The highest BCUT2D eigenvalue weighted by molar-refractivity contribution is 6.08. The zero-order chi connectivity index (χ0) is 20.1. The number of benzene rings is 2. The highest BCUT2D eigenvalue weighted by Crippen LogP contribution is 2.24. The van der Waals surface area contributed by atoms with Crippen molar-refractivity contribution in [2.45, 2.75) is 26.3 Å². The van der Waals surface area contributed by atoms with Crippen molar-refractivity contribution in [3.05, 3.63) is 89.2 Å². The van der Waals surface area contributed by atoms with Gasteiger partial charge < -0.3 is 14.4 Å². The van der Waals surface area contributed by atoms with E-state index < -0.39 is 11.9 Å². The minimum Gasteiger partial charge on any atom is -0.494 e. The van der Waals surface area contributed by atoms with Crippen LogP contribution < -0.4 is 4.74 Å². The van der Waals surface area contributed by atoms with Crippen LogP contribution in [0.2, 0.25) is 0 Å². The van der Waals surface area contributed by atoms with Crippen LogP contribution in [-0.4, -0.2) is 28.0 Å². The maximum Gasteiger partial charge on any atom is 0.312 e. The van der Waals surface area contributed by atoms with Crippen molar-refractivity contribution in [3.63, 3.8) is 0 Å². The van der Waals surface area contributed by atoms with Crippen molar-refractivity contribution in [1.82, 2.24) is 4.57 Å². The molecular formula is C23H23NO4. The monoisotopic (exact) mass is 377 g/mol. The molecule has 144 valence electrons. The molecule has 0 aliphatic rings. The van der Waals surface area contributed by atoms with Gasteiger partial charge in [0.15, 0.2) is 0 Å². The first-order valence-corrected chi connectivity index (χ1v) is 9.25. The van der Waals surface area contributed by atoms with Crippen molar-refractivity contribution in [2.75, 3.05) is 6.61 Å². The summed E-state index contributed by atoms with van der Waals surface area (Å²) < 4.78 is 7.23. The third kappa shape index (κ3) is 4.14. The smallest absolute Gasteiger partial charge is 0.312 e. The van der Waals surface area contributed by atoms with E-state index in [1.807, 2.05) is 37.3 Å². The molecule has 1 N–H and O–H groups in total. The predicted molar refractivity (Wildman–Crippen MR) is 107 cm³/mol. The molecule has 1 heterocycles. The molecule has 1 aromatic heterocycles. The van der Waals surface area contributed by atoms with Crippen LogP contribution in [0.3, 0.4) is 0 Å². The number of carbonyl (C=O) groups is 2. The van der Waals surface area contributed by atoms with Gasteiger partial charge >= 0.3 is 5.97 Å². The summed E-state index contributed by atoms with van der Waals surface area (Å²) in [4.78, 5) is 24.7. The number of hydrogen-bond donors (Lipinski definition) is 1. The van der Waals surface area contributed by atoms with Crippen molar-refractivity contribution < 1.29 is 19.4 Å². The van der Waals surface area contributed by atoms with E-state index >= 15 is 0 Å². The Balaban J connectivity index is 1.99. The van der Waals surface area contributed by atoms with Crippen LogP contribution in [0.4, 0.5) is 0 Å². The number of rotatable bonds is 8. The molecule has 0 bridgehead atoms. The second-order valence-corrected chi connectivity index (χ2v) is 6.56. The van der Waals surface area contributed by atoms with E-state index in [1.165, 1.54) is 0 Å². The topological polar surface area (TPSA) is 68.5 Å². The lowest BCUT2D eigenvalue weighted by Crippen LogP contribution is -2.18. The standard InChI is InChI=1S/C23H23NO4/c1-3-28-19-11-9-18(10-12-19)22(25)21-14-13-20(16(2)23(26)27)24(21)15-17-7-5-4-6-8-17/h4-14,16H,3,15H2,1-2H3,(H,26,27). The van der Waals surface area contributed by atoms with Crippen LogP contribution in [-0.2, 0) is 11.3 Å². The lowest BCUT2D eigenvalue weighted by atomic mass is 10.1. The SMILES string of the molecule is CCOc1ccc(C(=O)c2ccc(C(C)C(=O)O)n2Cc2ccccc2)cc1. The molecule has 0 radical (unpaired) electrons. The lowest BCUT2D eigenvalue weighted by Gasteiger charge is -2.16. The molecule has 1 atom stereocenters. The molecule has 28 heavy (non-hydrogen) atoms. The van der Waals surface area contributed by atoms with E-state index in [0.717, 1.165) is 5.56 Å². The second-order valence-electron chi connectivity index (χ2n) is 6.56. The number of carboxylic acid groups (broad SMARTS) is 1. The minimum absolute atomic E-state index is 0.150. The van der Waals surface area contributed by atoms with Crippen LogP contribution >= 0.6 is 0 Å². The number of carbonyl (C=O) groups excluding carboxylic acids is 1.